The van der Waals surface area contributed by atoms with Crippen molar-refractivity contribution in [1.82, 2.24) is 9.78 Å². The van der Waals surface area contributed by atoms with E-state index in [0.717, 1.165) is 31.6 Å². The van der Waals surface area contributed by atoms with Gasteiger partial charge in [-0.05, 0) is 32.3 Å². The fraction of sp³-hybridized carbons (Fsp3) is 0.600. The Hall–Kier alpha value is -1.16. The average Bonchev–Trinajstić information content (AvgIpc) is 2.23. The summed E-state index contributed by atoms with van der Waals surface area (Å²) in [6.45, 7) is 2.60. The van der Waals surface area contributed by atoms with Gasteiger partial charge in [0.2, 0.25) is 0 Å². The molecule has 4 nitrogen and oxygen atoms in total. The predicted molar refractivity (Wildman–Crippen MR) is 52.1 cm³/mol. The molecule has 0 radical (unpaired) electrons. The van der Waals surface area contributed by atoms with E-state index in [1.807, 2.05) is 6.92 Å². The van der Waals surface area contributed by atoms with Crippen molar-refractivity contribution in [2.24, 2.45) is 0 Å². The summed E-state index contributed by atoms with van der Waals surface area (Å²) >= 11 is 0. The molecule has 0 N–H and O–H groups in total. The molecule has 1 aromatic rings. The van der Waals surface area contributed by atoms with Gasteiger partial charge in [-0.1, -0.05) is 0 Å². The second kappa shape index (κ2) is 3.92. The Morgan fingerprint density at radius 2 is 2.36 bits per heavy atom. The van der Waals surface area contributed by atoms with E-state index in [9.17, 15) is 4.79 Å². The lowest BCUT2D eigenvalue weighted by molar-refractivity contribution is -0.0427. The minimum Gasteiger partial charge on any atom is -0.356 e. The van der Waals surface area contributed by atoms with Crippen LogP contribution < -0.4 is 5.56 Å². The predicted octanol–water partition coefficient (Wildman–Crippen LogP) is 1.25. The molecule has 0 amide bonds. The van der Waals surface area contributed by atoms with Crippen LogP contribution in [0.4, 0.5) is 0 Å². The largest absolute Gasteiger partial charge is 0.356 e. The fourth-order valence-corrected chi connectivity index (χ4v) is 1.64. The Morgan fingerprint density at radius 3 is 3.07 bits per heavy atom. The van der Waals surface area contributed by atoms with Crippen LogP contribution in [0.25, 0.3) is 0 Å². The lowest BCUT2D eigenvalue weighted by atomic mass is 10.2. The van der Waals surface area contributed by atoms with E-state index in [-0.39, 0.29) is 11.8 Å². The standard InChI is InChI=1S/C10H14N2O2/c1-8-5-6-9(13)12(11-8)10-4-2-3-7-14-10/h5-6,10H,2-4,7H2,1H3. The Kier molecular flexibility index (Phi) is 2.63. The first-order valence-corrected chi connectivity index (χ1v) is 4.95. The number of hydrogen-bond donors (Lipinski definition) is 0. The van der Waals surface area contributed by atoms with Gasteiger partial charge in [-0.2, -0.15) is 5.10 Å². The van der Waals surface area contributed by atoms with Gasteiger partial charge in [0.15, 0.2) is 6.23 Å². The third-order valence-corrected chi connectivity index (χ3v) is 2.39. The van der Waals surface area contributed by atoms with Crippen molar-refractivity contribution in [3.05, 3.63) is 28.2 Å². The second-order valence-corrected chi connectivity index (χ2v) is 3.58. The van der Waals surface area contributed by atoms with E-state index in [0.29, 0.717) is 0 Å². The van der Waals surface area contributed by atoms with Crippen molar-refractivity contribution < 1.29 is 4.74 Å². The highest BCUT2D eigenvalue weighted by atomic mass is 16.5. The van der Waals surface area contributed by atoms with Crippen LogP contribution in [-0.2, 0) is 4.74 Å². The van der Waals surface area contributed by atoms with Crippen LogP contribution >= 0.6 is 0 Å². The van der Waals surface area contributed by atoms with Crippen LogP contribution in [0, 0.1) is 6.92 Å². The zero-order chi connectivity index (χ0) is 9.97. The summed E-state index contributed by atoms with van der Waals surface area (Å²) in [5.74, 6) is 0. The molecule has 1 aliphatic heterocycles. The third-order valence-electron chi connectivity index (χ3n) is 2.39. The molecular formula is C10H14N2O2. The van der Waals surface area contributed by atoms with E-state index in [1.165, 1.54) is 4.68 Å². The molecule has 2 rings (SSSR count). The van der Waals surface area contributed by atoms with Gasteiger partial charge in [-0.25, -0.2) is 4.68 Å². The molecule has 0 aliphatic carbocycles. The van der Waals surface area contributed by atoms with Gasteiger partial charge < -0.3 is 4.74 Å². The SMILES string of the molecule is Cc1ccc(=O)n(C2CCCCO2)n1. The minimum atomic E-state index is -0.156. The summed E-state index contributed by atoms with van der Waals surface area (Å²) in [6.07, 6.45) is 2.91. The Morgan fingerprint density at radius 1 is 1.50 bits per heavy atom. The molecule has 1 unspecified atom stereocenters. The maximum Gasteiger partial charge on any atom is 0.269 e. The zero-order valence-corrected chi connectivity index (χ0v) is 8.27. The van der Waals surface area contributed by atoms with Crippen molar-refractivity contribution in [2.45, 2.75) is 32.4 Å². The van der Waals surface area contributed by atoms with E-state index in [1.54, 1.807) is 12.1 Å². The molecule has 1 fully saturated rings. The van der Waals surface area contributed by atoms with Crippen molar-refractivity contribution in [1.29, 1.82) is 0 Å². The van der Waals surface area contributed by atoms with Crippen LogP contribution in [0.2, 0.25) is 0 Å². The van der Waals surface area contributed by atoms with E-state index in [4.69, 9.17) is 4.74 Å². The topological polar surface area (TPSA) is 44.1 Å². The summed E-state index contributed by atoms with van der Waals surface area (Å²) < 4.78 is 6.95. The third kappa shape index (κ3) is 1.85. The van der Waals surface area contributed by atoms with Gasteiger partial charge in [0, 0.05) is 12.7 Å². The smallest absolute Gasteiger partial charge is 0.269 e. The maximum absolute atomic E-state index is 11.5. The van der Waals surface area contributed by atoms with Crippen molar-refractivity contribution in [2.75, 3.05) is 6.61 Å². The molecule has 0 aromatic carbocycles. The van der Waals surface area contributed by atoms with Crippen LogP contribution in [0.5, 0.6) is 0 Å². The first-order chi connectivity index (χ1) is 6.77. The summed E-state index contributed by atoms with van der Waals surface area (Å²) in [4.78, 5) is 11.5. The Labute approximate surface area is 82.5 Å². The van der Waals surface area contributed by atoms with Gasteiger partial charge in [0.1, 0.15) is 0 Å². The van der Waals surface area contributed by atoms with Gasteiger partial charge in [0.05, 0.1) is 5.69 Å². The monoisotopic (exact) mass is 194 g/mol. The molecule has 1 aliphatic rings. The highest BCUT2D eigenvalue weighted by molar-refractivity contribution is 4.97. The quantitative estimate of drug-likeness (QED) is 0.675. The summed E-state index contributed by atoms with van der Waals surface area (Å²) in [5, 5.41) is 4.18. The van der Waals surface area contributed by atoms with Crippen molar-refractivity contribution >= 4 is 0 Å². The molecule has 1 saturated heterocycles. The molecule has 14 heavy (non-hydrogen) atoms. The molecular weight excluding hydrogens is 180 g/mol. The summed E-state index contributed by atoms with van der Waals surface area (Å²) in [6, 6.07) is 3.27. The molecule has 0 spiro atoms. The molecule has 0 bridgehead atoms. The van der Waals surface area contributed by atoms with Crippen LogP contribution in [0.1, 0.15) is 31.2 Å². The van der Waals surface area contributed by atoms with E-state index < -0.39 is 0 Å². The number of rotatable bonds is 1. The van der Waals surface area contributed by atoms with E-state index >= 15 is 0 Å². The molecule has 0 saturated carbocycles. The normalized spacial score (nSPS) is 22.2. The van der Waals surface area contributed by atoms with Crippen molar-refractivity contribution in [3.63, 3.8) is 0 Å². The number of aryl methyl sites for hydroxylation is 1. The van der Waals surface area contributed by atoms with Crippen LogP contribution in [0.15, 0.2) is 16.9 Å². The number of hydrogen-bond acceptors (Lipinski definition) is 3. The minimum absolute atomic E-state index is 0.0810. The fourth-order valence-electron chi connectivity index (χ4n) is 1.64. The van der Waals surface area contributed by atoms with Gasteiger partial charge in [-0.3, -0.25) is 4.79 Å². The van der Waals surface area contributed by atoms with Crippen LogP contribution in [0.3, 0.4) is 0 Å². The zero-order valence-electron chi connectivity index (χ0n) is 8.27. The summed E-state index contributed by atoms with van der Waals surface area (Å²) in [5.41, 5.74) is 0.765. The van der Waals surface area contributed by atoms with Crippen molar-refractivity contribution in [3.8, 4) is 0 Å². The Bertz CT molecular complexity index is 367. The lowest BCUT2D eigenvalue weighted by Crippen LogP contribution is -2.30. The molecule has 1 atom stereocenters. The maximum atomic E-state index is 11.5. The van der Waals surface area contributed by atoms with Crippen LogP contribution in [-0.4, -0.2) is 16.4 Å². The highest BCUT2D eigenvalue weighted by Gasteiger charge is 2.17. The van der Waals surface area contributed by atoms with E-state index in [2.05, 4.69) is 5.10 Å². The average molecular weight is 194 g/mol. The van der Waals surface area contributed by atoms with Gasteiger partial charge >= 0.3 is 0 Å². The first-order valence-electron chi connectivity index (χ1n) is 4.95. The lowest BCUT2D eigenvalue weighted by Gasteiger charge is -2.23. The molecule has 4 heteroatoms. The van der Waals surface area contributed by atoms with Gasteiger partial charge in [0.25, 0.3) is 5.56 Å². The summed E-state index contributed by atoms with van der Waals surface area (Å²) in [7, 11) is 0. The highest BCUT2D eigenvalue weighted by Crippen LogP contribution is 2.19. The molecule has 2 heterocycles. The second-order valence-electron chi connectivity index (χ2n) is 3.58. The Balaban J connectivity index is 2.29. The number of ether oxygens (including phenoxy) is 1. The number of aromatic nitrogens is 2. The first kappa shape index (κ1) is 9.40. The van der Waals surface area contributed by atoms with Gasteiger partial charge in [-0.15, -0.1) is 0 Å². The number of nitrogens with zero attached hydrogens (tertiary/aromatic N) is 2. The molecule has 76 valence electrons. The molecule has 1 aromatic heterocycles.